The number of nitrogens with one attached hydrogen (secondary N) is 2. The predicted octanol–water partition coefficient (Wildman–Crippen LogP) is 3.25. The van der Waals surface area contributed by atoms with Gasteiger partial charge >= 0.3 is 0 Å². The second-order valence-corrected chi connectivity index (χ2v) is 4.30. The first-order chi connectivity index (χ1) is 7.59. The molecule has 3 nitrogen and oxygen atoms in total. The zero-order valence-corrected chi connectivity index (χ0v) is 9.79. The maximum atomic E-state index is 11.1. The second-order valence-electron chi connectivity index (χ2n) is 4.30. The van der Waals surface area contributed by atoms with Crippen LogP contribution in [0.4, 0.5) is 5.69 Å². The lowest BCUT2D eigenvalue weighted by atomic mass is 9.98. The first kappa shape index (κ1) is 10.7. The molecule has 0 radical (unpaired) electrons. The molecule has 0 unspecified atom stereocenters. The van der Waals surface area contributed by atoms with Gasteiger partial charge < -0.3 is 10.3 Å². The first-order valence-corrected chi connectivity index (χ1v) is 5.47. The molecule has 0 fully saturated rings. The van der Waals surface area contributed by atoms with Crippen LogP contribution in [0.15, 0.2) is 24.4 Å². The smallest absolute Gasteiger partial charge is 0.221 e. The van der Waals surface area contributed by atoms with Crippen LogP contribution >= 0.6 is 0 Å². The van der Waals surface area contributed by atoms with E-state index in [-0.39, 0.29) is 5.91 Å². The molecule has 0 aliphatic carbocycles. The predicted molar refractivity (Wildman–Crippen MR) is 66.7 cm³/mol. The molecular weight excluding hydrogens is 200 g/mol. The van der Waals surface area contributed by atoms with Gasteiger partial charge in [-0.1, -0.05) is 19.9 Å². The third-order valence-electron chi connectivity index (χ3n) is 2.69. The summed E-state index contributed by atoms with van der Waals surface area (Å²) in [5.41, 5.74) is 3.14. The number of amides is 1. The maximum absolute atomic E-state index is 11.1. The van der Waals surface area contributed by atoms with Gasteiger partial charge in [0.25, 0.3) is 0 Å². The highest BCUT2D eigenvalue weighted by Gasteiger charge is 2.09. The van der Waals surface area contributed by atoms with E-state index >= 15 is 0 Å². The molecule has 0 spiro atoms. The average molecular weight is 216 g/mol. The zero-order chi connectivity index (χ0) is 11.7. The molecular formula is C13H16N2O. The Morgan fingerprint density at radius 2 is 2.06 bits per heavy atom. The van der Waals surface area contributed by atoms with Crippen molar-refractivity contribution in [3.8, 4) is 0 Å². The van der Waals surface area contributed by atoms with E-state index in [4.69, 9.17) is 0 Å². The number of fused-ring (bicyclic) bond motifs is 1. The van der Waals surface area contributed by atoms with Crippen LogP contribution in [0.1, 0.15) is 32.3 Å². The summed E-state index contributed by atoms with van der Waals surface area (Å²) in [6.45, 7) is 5.85. The number of rotatable bonds is 2. The minimum absolute atomic E-state index is 0.0480. The van der Waals surface area contributed by atoms with Crippen molar-refractivity contribution < 1.29 is 4.79 Å². The molecule has 2 N–H and O–H groups in total. The quantitative estimate of drug-likeness (QED) is 0.795. The Labute approximate surface area is 94.9 Å². The highest BCUT2D eigenvalue weighted by atomic mass is 16.1. The SMILES string of the molecule is CC(=O)Nc1ccc(C(C)C)c2cc[nH]c12. The van der Waals surface area contributed by atoms with Gasteiger partial charge in [-0.25, -0.2) is 0 Å². The number of hydrogen-bond donors (Lipinski definition) is 2. The molecule has 0 aliphatic heterocycles. The number of carbonyl (C=O) groups is 1. The molecule has 3 heteroatoms. The van der Waals surface area contributed by atoms with E-state index in [9.17, 15) is 4.79 Å². The van der Waals surface area contributed by atoms with Gasteiger partial charge in [0.05, 0.1) is 11.2 Å². The lowest BCUT2D eigenvalue weighted by Gasteiger charge is -2.10. The van der Waals surface area contributed by atoms with Crippen molar-refractivity contribution >= 4 is 22.5 Å². The molecule has 2 aromatic rings. The molecule has 84 valence electrons. The lowest BCUT2D eigenvalue weighted by Crippen LogP contribution is -2.06. The fraction of sp³-hybridized carbons (Fsp3) is 0.308. The highest BCUT2D eigenvalue weighted by Crippen LogP contribution is 2.29. The fourth-order valence-corrected chi connectivity index (χ4v) is 1.98. The summed E-state index contributed by atoms with van der Waals surface area (Å²) < 4.78 is 0. The topological polar surface area (TPSA) is 44.9 Å². The van der Waals surface area contributed by atoms with Crippen molar-refractivity contribution in [1.29, 1.82) is 0 Å². The molecule has 1 aromatic carbocycles. The Morgan fingerprint density at radius 1 is 1.31 bits per heavy atom. The summed E-state index contributed by atoms with van der Waals surface area (Å²) in [5.74, 6) is 0.429. The van der Waals surface area contributed by atoms with Crippen LogP contribution in [0.25, 0.3) is 10.9 Å². The van der Waals surface area contributed by atoms with E-state index in [1.807, 2.05) is 12.3 Å². The third kappa shape index (κ3) is 1.81. The van der Waals surface area contributed by atoms with Crippen LogP contribution in [-0.2, 0) is 4.79 Å². The van der Waals surface area contributed by atoms with Gasteiger partial charge in [0, 0.05) is 18.5 Å². The van der Waals surface area contributed by atoms with E-state index in [1.165, 1.54) is 17.9 Å². The normalized spacial score (nSPS) is 11.0. The Kier molecular flexibility index (Phi) is 2.69. The number of aromatic amines is 1. The minimum atomic E-state index is -0.0480. The van der Waals surface area contributed by atoms with E-state index in [2.05, 4.69) is 36.3 Å². The zero-order valence-electron chi connectivity index (χ0n) is 9.79. The number of carbonyl (C=O) groups excluding carboxylic acids is 1. The third-order valence-corrected chi connectivity index (χ3v) is 2.69. The molecule has 0 bridgehead atoms. The average Bonchev–Trinajstić information content (AvgIpc) is 2.65. The van der Waals surface area contributed by atoms with Crippen LogP contribution in [0.2, 0.25) is 0 Å². The van der Waals surface area contributed by atoms with Crippen molar-refractivity contribution in [1.82, 2.24) is 4.98 Å². The molecule has 1 aromatic heterocycles. The monoisotopic (exact) mass is 216 g/mol. The molecule has 0 atom stereocenters. The summed E-state index contributed by atoms with van der Waals surface area (Å²) >= 11 is 0. The van der Waals surface area contributed by atoms with Crippen LogP contribution in [-0.4, -0.2) is 10.9 Å². The summed E-state index contributed by atoms with van der Waals surface area (Å²) in [4.78, 5) is 14.2. The molecule has 0 saturated carbocycles. The molecule has 2 rings (SSSR count). The Morgan fingerprint density at radius 3 is 2.69 bits per heavy atom. The van der Waals surface area contributed by atoms with Gasteiger partial charge in [-0.15, -0.1) is 0 Å². The van der Waals surface area contributed by atoms with E-state index in [0.717, 1.165) is 11.2 Å². The van der Waals surface area contributed by atoms with Gasteiger partial charge in [-0.3, -0.25) is 4.79 Å². The largest absolute Gasteiger partial charge is 0.359 e. The maximum Gasteiger partial charge on any atom is 0.221 e. The molecule has 1 heterocycles. The minimum Gasteiger partial charge on any atom is -0.359 e. The van der Waals surface area contributed by atoms with E-state index < -0.39 is 0 Å². The fourth-order valence-electron chi connectivity index (χ4n) is 1.98. The van der Waals surface area contributed by atoms with Gasteiger partial charge in [0.2, 0.25) is 5.91 Å². The van der Waals surface area contributed by atoms with Crippen LogP contribution in [0.5, 0.6) is 0 Å². The number of anilines is 1. The highest BCUT2D eigenvalue weighted by molar-refractivity contribution is 6.01. The second kappa shape index (κ2) is 4.00. The number of benzene rings is 1. The van der Waals surface area contributed by atoms with Gasteiger partial charge in [-0.05, 0) is 23.6 Å². The van der Waals surface area contributed by atoms with Crippen LogP contribution in [0.3, 0.4) is 0 Å². The summed E-state index contributed by atoms with van der Waals surface area (Å²) in [7, 11) is 0. The Balaban J connectivity index is 2.59. The number of H-pyrrole nitrogens is 1. The first-order valence-electron chi connectivity index (χ1n) is 5.47. The van der Waals surface area contributed by atoms with Crippen LogP contribution in [0, 0.1) is 0 Å². The van der Waals surface area contributed by atoms with Crippen molar-refractivity contribution in [3.05, 3.63) is 30.0 Å². The molecule has 0 saturated heterocycles. The van der Waals surface area contributed by atoms with Crippen molar-refractivity contribution in [2.24, 2.45) is 0 Å². The number of hydrogen-bond acceptors (Lipinski definition) is 1. The summed E-state index contributed by atoms with van der Waals surface area (Å²) in [6, 6.07) is 6.08. The Bertz CT molecular complexity index is 526. The summed E-state index contributed by atoms with van der Waals surface area (Å²) in [5, 5.41) is 4.01. The Hall–Kier alpha value is -1.77. The van der Waals surface area contributed by atoms with Crippen molar-refractivity contribution in [3.63, 3.8) is 0 Å². The van der Waals surface area contributed by atoms with Gasteiger partial charge in [0.15, 0.2) is 0 Å². The molecule has 0 aliphatic rings. The number of aromatic nitrogens is 1. The standard InChI is InChI=1S/C13H16N2O/c1-8(2)10-4-5-12(15-9(3)16)13-11(10)6-7-14-13/h4-8,14H,1-3H3,(H,15,16). The van der Waals surface area contributed by atoms with Crippen LogP contribution < -0.4 is 5.32 Å². The van der Waals surface area contributed by atoms with Gasteiger partial charge in [-0.2, -0.15) is 0 Å². The lowest BCUT2D eigenvalue weighted by molar-refractivity contribution is -0.114. The van der Waals surface area contributed by atoms with Gasteiger partial charge in [0.1, 0.15) is 0 Å². The van der Waals surface area contributed by atoms with Crippen molar-refractivity contribution in [2.75, 3.05) is 5.32 Å². The van der Waals surface area contributed by atoms with E-state index in [1.54, 1.807) is 0 Å². The summed E-state index contributed by atoms with van der Waals surface area (Å²) in [6.07, 6.45) is 1.90. The molecule has 1 amide bonds. The molecule has 16 heavy (non-hydrogen) atoms. The van der Waals surface area contributed by atoms with Crippen molar-refractivity contribution in [2.45, 2.75) is 26.7 Å². The van der Waals surface area contributed by atoms with E-state index in [0.29, 0.717) is 5.92 Å².